The van der Waals surface area contributed by atoms with Crippen molar-refractivity contribution in [2.24, 2.45) is 0 Å². The number of hydrogen-bond donors (Lipinski definition) is 3. The minimum Gasteiger partial charge on any atom is -0.508 e. The minimum atomic E-state index is -0.332. The SMILES string of the molecule is O=C(CCCCCCc1c(O)ccc2ccccc12)NO. The van der Waals surface area contributed by atoms with E-state index in [0.29, 0.717) is 12.2 Å². The van der Waals surface area contributed by atoms with Crippen LogP contribution in [0.25, 0.3) is 10.8 Å². The molecule has 0 saturated carbocycles. The Balaban J connectivity index is 1.86. The highest BCUT2D eigenvalue weighted by Gasteiger charge is 2.06. The average Bonchev–Trinajstić information content (AvgIpc) is 2.52. The van der Waals surface area contributed by atoms with E-state index in [0.717, 1.165) is 48.4 Å². The third-order valence-electron chi connectivity index (χ3n) is 3.72. The van der Waals surface area contributed by atoms with E-state index < -0.39 is 0 Å². The topological polar surface area (TPSA) is 69.6 Å². The van der Waals surface area contributed by atoms with Crippen molar-refractivity contribution < 1.29 is 15.1 Å². The Labute approximate surface area is 124 Å². The van der Waals surface area contributed by atoms with E-state index >= 15 is 0 Å². The van der Waals surface area contributed by atoms with Crippen molar-refractivity contribution in [1.29, 1.82) is 0 Å². The molecule has 2 aromatic rings. The van der Waals surface area contributed by atoms with E-state index in [9.17, 15) is 9.90 Å². The Morgan fingerprint density at radius 1 is 1.00 bits per heavy atom. The van der Waals surface area contributed by atoms with Gasteiger partial charge in [-0.3, -0.25) is 10.0 Å². The lowest BCUT2D eigenvalue weighted by Crippen LogP contribution is -2.17. The molecular formula is C17H21NO3. The number of benzene rings is 2. The van der Waals surface area contributed by atoms with E-state index in [-0.39, 0.29) is 5.91 Å². The molecule has 0 atom stereocenters. The number of aromatic hydroxyl groups is 1. The summed E-state index contributed by atoms with van der Waals surface area (Å²) in [6, 6.07) is 11.8. The van der Waals surface area contributed by atoms with Gasteiger partial charge in [-0.25, -0.2) is 5.48 Å². The molecule has 3 N–H and O–H groups in total. The average molecular weight is 287 g/mol. The molecule has 112 valence electrons. The molecular weight excluding hydrogens is 266 g/mol. The molecule has 0 radical (unpaired) electrons. The lowest BCUT2D eigenvalue weighted by molar-refractivity contribution is -0.129. The van der Waals surface area contributed by atoms with Crippen LogP contribution >= 0.6 is 0 Å². The number of amides is 1. The lowest BCUT2D eigenvalue weighted by Gasteiger charge is -2.09. The lowest BCUT2D eigenvalue weighted by atomic mass is 9.98. The Kier molecular flexibility index (Phi) is 5.58. The maximum atomic E-state index is 10.9. The van der Waals surface area contributed by atoms with Crippen molar-refractivity contribution in [3.8, 4) is 5.75 Å². The Bertz CT molecular complexity index is 610. The first-order valence-corrected chi connectivity index (χ1v) is 7.35. The zero-order chi connectivity index (χ0) is 15.1. The standard InChI is InChI=1S/C17H21NO3/c19-16-12-11-13-7-5-6-8-14(13)15(16)9-3-1-2-4-10-17(20)18-21/h5-8,11-12,19,21H,1-4,9-10H2,(H,18,20). The molecule has 0 aliphatic carbocycles. The number of carbonyl (C=O) groups excluding carboxylic acids is 1. The summed E-state index contributed by atoms with van der Waals surface area (Å²) < 4.78 is 0. The number of rotatable bonds is 7. The molecule has 0 unspecified atom stereocenters. The number of carbonyl (C=O) groups is 1. The Morgan fingerprint density at radius 3 is 2.57 bits per heavy atom. The number of hydrogen-bond acceptors (Lipinski definition) is 3. The number of aryl methyl sites for hydroxylation is 1. The molecule has 4 nitrogen and oxygen atoms in total. The van der Waals surface area contributed by atoms with Crippen LogP contribution in [0.5, 0.6) is 5.75 Å². The molecule has 0 aliphatic rings. The van der Waals surface area contributed by atoms with E-state index in [2.05, 4.69) is 0 Å². The normalized spacial score (nSPS) is 10.7. The van der Waals surface area contributed by atoms with Gasteiger partial charge < -0.3 is 5.11 Å². The summed E-state index contributed by atoms with van der Waals surface area (Å²) in [7, 11) is 0. The van der Waals surface area contributed by atoms with Crippen LogP contribution in [0.1, 0.15) is 37.7 Å². The molecule has 0 spiro atoms. The quantitative estimate of drug-likeness (QED) is 0.414. The monoisotopic (exact) mass is 287 g/mol. The van der Waals surface area contributed by atoms with Gasteiger partial charge in [0.15, 0.2) is 0 Å². The summed E-state index contributed by atoms with van der Waals surface area (Å²) in [6.07, 6.45) is 4.88. The fourth-order valence-corrected chi connectivity index (χ4v) is 2.58. The summed E-state index contributed by atoms with van der Waals surface area (Å²) in [5.41, 5.74) is 2.64. The number of unbranched alkanes of at least 4 members (excludes halogenated alkanes) is 3. The third kappa shape index (κ3) is 4.20. The second-order valence-electron chi connectivity index (χ2n) is 5.23. The second kappa shape index (κ2) is 7.64. The highest BCUT2D eigenvalue weighted by atomic mass is 16.5. The predicted molar refractivity (Wildman–Crippen MR) is 82.3 cm³/mol. The van der Waals surface area contributed by atoms with Gasteiger partial charge in [0.05, 0.1) is 0 Å². The molecule has 2 rings (SSSR count). The zero-order valence-electron chi connectivity index (χ0n) is 12.0. The van der Waals surface area contributed by atoms with Gasteiger partial charge in [0.2, 0.25) is 5.91 Å². The fraction of sp³-hybridized carbons (Fsp3) is 0.353. The number of fused-ring (bicyclic) bond motifs is 1. The molecule has 0 fully saturated rings. The Morgan fingerprint density at radius 2 is 1.76 bits per heavy atom. The van der Waals surface area contributed by atoms with Crippen molar-refractivity contribution >= 4 is 16.7 Å². The van der Waals surface area contributed by atoms with Crippen LogP contribution < -0.4 is 5.48 Å². The van der Waals surface area contributed by atoms with Gasteiger partial charge in [-0.1, -0.05) is 43.2 Å². The van der Waals surface area contributed by atoms with Crippen LogP contribution in [0.2, 0.25) is 0 Å². The molecule has 0 bridgehead atoms. The predicted octanol–water partition coefficient (Wildman–Crippen LogP) is 3.54. The van der Waals surface area contributed by atoms with Crippen molar-refractivity contribution in [2.45, 2.75) is 38.5 Å². The molecule has 1 amide bonds. The highest BCUT2D eigenvalue weighted by molar-refractivity contribution is 5.87. The fourth-order valence-electron chi connectivity index (χ4n) is 2.58. The first-order chi connectivity index (χ1) is 10.2. The second-order valence-corrected chi connectivity index (χ2v) is 5.23. The van der Waals surface area contributed by atoms with Crippen LogP contribution in [0, 0.1) is 0 Å². The van der Waals surface area contributed by atoms with Crippen molar-refractivity contribution in [2.75, 3.05) is 0 Å². The first kappa shape index (κ1) is 15.3. The summed E-state index contributed by atoms with van der Waals surface area (Å²) in [4.78, 5) is 10.9. The van der Waals surface area contributed by atoms with Gasteiger partial charge in [-0.2, -0.15) is 0 Å². The molecule has 0 heterocycles. The van der Waals surface area contributed by atoms with E-state index in [4.69, 9.17) is 5.21 Å². The van der Waals surface area contributed by atoms with Crippen molar-refractivity contribution in [1.82, 2.24) is 5.48 Å². The number of nitrogens with one attached hydrogen (secondary N) is 1. The van der Waals surface area contributed by atoms with Crippen LogP contribution in [0.15, 0.2) is 36.4 Å². The van der Waals surface area contributed by atoms with Crippen LogP contribution in [0.3, 0.4) is 0 Å². The maximum Gasteiger partial charge on any atom is 0.243 e. The van der Waals surface area contributed by atoms with Gasteiger partial charge in [-0.15, -0.1) is 0 Å². The number of phenolic OH excluding ortho intramolecular Hbond substituents is 1. The van der Waals surface area contributed by atoms with E-state index in [1.54, 1.807) is 11.5 Å². The van der Waals surface area contributed by atoms with Crippen LogP contribution in [-0.2, 0) is 11.2 Å². The maximum absolute atomic E-state index is 10.9. The number of phenols is 1. The highest BCUT2D eigenvalue weighted by Crippen LogP contribution is 2.28. The van der Waals surface area contributed by atoms with Gasteiger partial charge in [0.1, 0.15) is 5.75 Å². The summed E-state index contributed by atoms with van der Waals surface area (Å²) in [5, 5.41) is 20.7. The minimum absolute atomic E-state index is 0.332. The third-order valence-corrected chi connectivity index (χ3v) is 3.72. The Hall–Kier alpha value is -2.07. The van der Waals surface area contributed by atoms with E-state index in [1.165, 1.54) is 0 Å². The van der Waals surface area contributed by atoms with Gasteiger partial charge in [0, 0.05) is 12.0 Å². The van der Waals surface area contributed by atoms with Crippen LogP contribution in [0.4, 0.5) is 0 Å². The summed E-state index contributed by atoms with van der Waals surface area (Å²) in [6.45, 7) is 0. The number of hydroxylamine groups is 1. The molecule has 21 heavy (non-hydrogen) atoms. The van der Waals surface area contributed by atoms with Gasteiger partial charge in [-0.05, 0) is 36.1 Å². The largest absolute Gasteiger partial charge is 0.508 e. The molecule has 0 aromatic heterocycles. The van der Waals surface area contributed by atoms with Gasteiger partial charge >= 0.3 is 0 Å². The summed E-state index contributed by atoms with van der Waals surface area (Å²) >= 11 is 0. The zero-order valence-corrected chi connectivity index (χ0v) is 12.0. The molecule has 0 aliphatic heterocycles. The van der Waals surface area contributed by atoms with Crippen molar-refractivity contribution in [3.63, 3.8) is 0 Å². The molecule has 2 aromatic carbocycles. The molecule has 0 saturated heterocycles. The summed E-state index contributed by atoms with van der Waals surface area (Å²) in [5.74, 6) is 0.0232. The van der Waals surface area contributed by atoms with Gasteiger partial charge in [0.25, 0.3) is 0 Å². The van der Waals surface area contributed by atoms with Crippen molar-refractivity contribution in [3.05, 3.63) is 42.0 Å². The van der Waals surface area contributed by atoms with E-state index in [1.807, 2.05) is 30.3 Å². The smallest absolute Gasteiger partial charge is 0.243 e. The first-order valence-electron chi connectivity index (χ1n) is 7.35. The van der Waals surface area contributed by atoms with Crippen LogP contribution in [-0.4, -0.2) is 16.2 Å². The molecule has 4 heteroatoms.